The van der Waals surface area contributed by atoms with Crippen LogP contribution >= 0.6 is 0 Å². The first-order chi connectivity index (χ1) is 22.6. The van der Waals surface area contributed by atoms with Gasteiger partial charge in [-0.2, -0.15) is 5.26 Å². The molecule has 1 heterocycles. The van der Waals surface area contributed by atoms with Crippen LogP contribution < -0.4 is 20.1 Å². The zero-order chi connectivity index (χ0) is 34.4. The van der Waals surface area contributed by atoms with Crippen LogP contribution in [0.5, 0.6) is 11.5 Å². The number of sulfone groups is 1. The summed E-state index contributed by atoms with van der Waals surface area (Å²) in [6.07, 6.45) is 0. The van der Waals surface area contributed by atoms with Crippen LogP contribution in [0.4, 0.5) is 28.7 Å². The van der Waals surface area contributed by atoms with Crippen molar-refractivity contribution in [1.82, 2.24) is 9.88 Å². The summed E-state index contributed by atoms with van der Waals surface area (Å²) in [4.78, 5) is 6.47. The molecule has 0 aliphatic heterocycles. The van der Waals surface area contributed by atoms with Crippen molar-refractivity contribution in [3.63, 3.8) is 0 Å². The SMILES string of the molecule is COc1cc(S(=O)(=O)CCN(CCO)C(C)C)c(OC)cc1/N=N/c1c(NCCOCCO)nc(Nc2ccccc2)c(C#N)c1C. The van der Waals surface area contributed by atoms with E-state index in [9.17, 15) is 18.8 Å². The normalized spacial score (nSPS) is 11.7. The van der Waals surface area contributed by atoms with Crippen molar-refractivity contribution in [2.45, 2.75) is 31.7 Å². The molecule has 0 bridgehead atoms. The maximum atomic E-state index is 13.4. The Morgan fingerprint density at radius 1 is 1.00 bits per heavy atom. The Morgan fingerprint density at radius 3 is 2.34 bits per heavy atom. The van der Waals surface area contributed by atoms with Crippen LogP contribution in [0.1, 0.15) is 25.0 Å². The Bertz CT molecular complexity index is 1650. The Labute approximate surface area is 275 Å². The van der Waals surface area contributed by atoms with Gasteiger partial charge in [0.2, 0.25) is 0 Å². The number of aliphatic hydroxyl groups excluding tert-OH is 2. The third kappa shape index (κ3) is 10.1. The van der Waals surface area contributed by atoms with E-state index in [1.54, 1.807) is 6.92 Å². The number of hydrogen-bond donors (Lipinski definition) is 4. The predicted octanol–water partition coefficient (Wildman–Crippen LogP) is 4.34. The highest BCUT2D eigenvalue weighted by atomic mass is 32.2. The second-order valence-electron chi connectivity index (χ2n) is 10.6. The molecule has 254 valence electrons. The second-order valence-corrected chi connectivity index (χ2v) is 12.6. The van der Waals surface area contributed by atoms with E-state index in [1.165, 1.54) is 26.4 Å². The zero-order valence-electron chi connectivity index (χ0n) is 27.4. The van der Waals surface area contributed by atoms with Gasteiger partial charge in [-0.15, -0.1) is 10.2 Å². The molecule has 0 radical (unpaired) electrons. The average Bonchev–Trinajstić information content (AvgIpc) is 3.06. The van der Waals surface area contributed by atoms with E-state index in [1.807, 2.05) is 49.1 Å². The van der Waals surface area contributed by atoms with Gasteiger partial charge < -0.3 is 35.1 Å². The lowest BCUT2D eigenvalue weighted by atomic mass is 10.1. The van der Waals surface area contributed by atoms with E-state index in [2.05, 4.69) is 31.9 Å². The highest BCUT2D eigenvalue weighted by Gasteiger charge is 2.25. The molecule has 0 amide bonds. The van der Waals surface area contributed by atoms with Gasteiger partial charge in [0.1, 0.15) is 33.8 Å². The number of hydrogen-bond acceptors (Lipinski definition) is 14. The number of methoxy groups -OCH3 is 2. The van der Waals surface area contributed by atoms with Gasteiger partial charge in [-0.25, -0.2) is 13.4 Å². The van der Waals surface area contributed by atoms with Crippen molar-refractivity contribution >= 4 is 38.5 Å². The third-order valence-electron chi connectivity index (χ3n) is 7.16. The lowest BCUT2D eigenvalue weighted by Gasteiger charge is -2.25. The van der Waals surface area contributed by atoms with E-state index in [0.29, 0.717) is 30.3 Å². The number of rotatable bonds is 19. The Hall–Kier alpha value is -4.33. The number of aliphatic hydroxyl groups is 2. The van der Waals surface area contributed by atoms with Crippen LogP contribution in [0.2, 0.25) is 0 Å². The minimum atomic E-state index is -3.83. The first-order valence-corrected chi connectivity index (χ1v) is 16.7. The van der Waals surface area contributed by atoms with Gasteiger partial charge in [-0.1, -0.05) is 18.2 Å². The van der Waals surface area contributed by atoms with Gasteiger partial charge in [0.05, 0.1) is 52.0 Å². The lowest BCUT2D eigenvalue weighted by Crippen LogP contribution is -2.37. The summed E-state index contributed by atoms with van der Waals surface area (Å²) in [5, 5.41) is 43.6. The number of pyridine rings is 1. The van der Waals surface area contributed by atoms with Crippen molar-refractivity contribution in [1.29, 1.82) is 5.26 Å². The quantitative estimate of drug-likeness (QED) is 0.105. The molecule has 0 saturated carbocycles. The molecule has 3 aromatic rings. The van der Waals surface area contributed by atoms with Crippen LogP contribution in [-0.4, -0.2) is 101 Å². The number of anilines is 3. The molecule has 3 rings (SSSR count). The largest absolute Gasteiger partial charge is 0.495 e. The van der Waals surface area contributed by atoms with Crippen LogP contribution in [0.3, 0.4) is 0 Å². The number of nitrogens with zero attached hydrogens (tertiary/aromatic N) is 5. The minimum Gasteiger partial charge on any atom is -0.495 e. The first kappa shape index (κ1) is 37.1. The van der Waals surface area contributed by atoms with Crippen molar-refractivity contribution in [2.24, 2.45) is 10.2 Å². The fraction of sp³-hybridized carbons (Fsp3) is 0.438. The molecule has 47 heavy (non-hydrogen) atoms. The lowest BCUT2D eigenvalue weighted by molar-refractivity contribution is 0.0992. The smallest absolute Gasteiger partial charge is 0.183 e. The molecule has 0 fully saturated rings. The number of nitriles is 1. The van der Waals surface area contributed by atoms with Gasteiger partial charge in [-0.05, 0) is 32.9 Å². The number of benzene rings is 2. The maximum Gasteiger partial charge on any atom is 0.183 e. The topological polar surface area (TPSA) is 191 Å². The van der Waals surface area contributed by atoms with Gasteiger partial charge in [0, 0.05) is 49.1 Å². The molecular formula is C32H43N7O7S. The van der Waals surface area contributed by atoms with Gasteiger partial charge >= 0.3 is 0 Å². The van der Waals surface area contributed by atoms with E-state index in [4.69, 9.17) is 19.3 Å². The number of para-hydroxylation sites is 1. The Kier molecular flexibility index (Phi) is 14.3. The van der Waals surface area contributed by atoms with E-state index in [-0.39, 0.29) is 78.1 Å². The summed E-state index contributed by atoms with van der Waals surface area (Å²) in [5.41, 5.74) is 1.95. The molecule has 2 aromatic carbocycles. The van der Waals surface area contributed by atoms with E-state index >= 15 is 0 Å². The third-order valence-corrected chi connectivity index (χ3v) is 8.87. The summed E-state index contributed by atoms with van der Waals surface area (Å²) in [6, 6.07) is 14.3. The Balaban J connectivity index is 2.04. The summed E-state index contributed by atoms with van der Waals surface area (Å²) >= 11 is 0. The van der Waals surface area contributed by atoms with Crippen molar-refractivity contribution in [2.75, 3.05) is 76.7 Å². The fourth-order valence-corrected chi connectivity index (χ4v) is 6.05. The molecular weight excluding hydrogens is 626 g/mol. The summed E-state index contributed by atoms with van der Waals surface area (Å²) in [5.74, 6) is 0.641. The van der Waals surface area contributed by atoms with Crippen molar-refractivity contribution < 1.29 is 32.8 Å². The fourth-order valence-electron chi connectivity index (χ4n) is 4.62. The minimum absolute atomic E-state index is 0.0479. The van der Waals surface area contributed by atoms with Gasteiger partial charge in [-0.3, -0.25) is 4.90 Å². The summed E-state index contributed by atoms with van der Waals surface area (Å²) < 4.78 is 43.2. The highest BCUT2D eigenvalue weighted by Crippen LogP contribution is 2.40. The Morgan fingerprint density at radius 2 is 1.72 bits per heavy atom. The number of aromatic nitrogens is 1. The van der Waals surface area contributed by atoms with E-state index < -0.39 is 9.84 Å². The molecule has 4 N–H and O–H groups in total. The molecule has 0 aliphatic rings. The highest BCUT2D eigenvalue weighted by molar-refractivity contribution is 7.91. The zero-order valence-corrected chi connectivity index (χ0v) is 28.2. The number of ether oxygens (including phenoxy) is 3. The summed E-state index contributed by atoms with van der Waals surface area (Å²) in [7, 11) is -1.07. The predicted molar refractivity (Wildman–Crippen MR) is 179 cm³/mol. The standard InChI is InChI=1S/C32H43N7O7S/c1-22(2)39(12-14-40)13-18-47(42,43)29-20-27(44-4)26(19-28(29)45-5)37-38-30-23(3)25(21-33)31(35-24-9-7-6-8-10-24)36-32(30)34-11-16-46-17-15-41/h6-10,19-20,22,40-41H,11-18H2,1-5H3,(H2,34,35,36)/b38-37+. The summed E-state index contributed by atoms with van der Waals surface area (Å²) in [6.45, 7) is 6.75. The molecule has 15 heteroatoms. The van der Waals surface area contributed by atoms with Crippen LogP contribution in [-0.2, 0) is 14.6 Å². The van der Waals surface area contributed by atoms with Crippen molar-refractivity contribution in [3.8, 4) is 17.6 Å². The molecule has 0 spiro atoms. The van der Waals surface area contributed by atoms with Crippen LogP contribution in [0, 0.1) is 18.3 Å². The number of azo groups is 1. The monoisotopic (exact) mass is 669 g/mol. The van der Waals surface area contributed by atoms with Gasteiger partial charge in [0.15, 0.2) is 21.5 Å². The molecule has 0 unspecified atom stereocenters. The molecule has 0 atom stereocenters. The van der Waals surface area contributed by atoms with Crippen molar-refractivity contribution in [3.05, 3.63) is 53.6 Å². The maximum absolute atomic E-state index is 13.4. The van der Waals surface area contributed by atoms with E-state index in [0.717, 1.165) is 5.69 Å². The first-order valence-electron chi connectivity index (χ1n) is 15.0. The van der Waals surface area contributed by atoms with Gasteiger partial charge in [0.25, 0.3) is 0 Å². The average molecular weight is 670 g/mol. The van der Waals surface area contributed by atoms with Crippen LogP contribution in [0.15, 0.2) is 57.6 Å². The number of nitrogens with one attached hydrogen (secondary N) is 2. The van der Waals surface area contributed by atoms with Crippen LogP contribution in [0.25, 0.3) is 0 Å². The molecule has 0 aliphatic carbocycles. The molecule has 14 nitrogen and oxygen atoms in total. The molecule has 1 aromatic heterocycles. The molecule has 0 saturated heterocycles. The second kappa shape index (κ2) is 18.1.